The predicted molar refractivity (Wildman–Crippen MR) is 352 cm³/mol. The van der Waals surface area contributed by atoms with Crippen molar-refractivity contribution in [3.63, 3.8) is 0 Å². The average molecular weight is 1060 g/mol. The minimum absolute atomic E-state index is 0.0335. The number of fused-ring (bicyclic) bond motifs is 4. The van der Waals surface area contributed by atoms with E-state index in [4.69, 9.17) is 4.74 Å². The van der Waals surface area contributed by atoms with Gasteiger partial charge >= 0.3 is 0 Å². The summed E-state index contributed by atoms with van der Waals surface area (Å²) < 4.78 is 7.46. The Labute approximate surface area is 486 Å². The van der Waals surface area contributed by atoms with Gasteiger partial charge in [0.15, 0.2) is 0 Å². The second kappa shape index (κ2) is 19.7. The van der Waals surface area contributed by atoms with Crippen molar-refractivity contribution >= 4 is 40.2 Å². The molecule has 81 heavy (non-hydrogen) atoms. The highest BCUT2D eigenvalue weighted by atomic mass is 16.5. The van der Waals surface area contributed by atoms with E-state index in [0.29, 0.717) is 0 Å². The molecule has 3 heteroatoms. The van der Waals surface area contributed by atoms with Crippen LogP contribution in [0.25, 0.3) is 55.6 Å². The van der Waals surface area contributed by atoms with Crippen LogP contribution in [0.4, 0.5) is 17.1 Å². The number of rotatable bonds is 6. The van der Waals surface area contributed by atoms with Crippen molar-refractivity contribution in [1.29, 1.82) is 0 Å². The molecule has 0 N–H and O–H groups in total. The van der Waals surface area contributed by atoms with Crippen molar-refractivity contribution in [2.75, 3.05) is 4.90 Å². The van der Waals surface area contributed by atoms with E-state index in [2.05, 4.69) is 312 Å². The highest BCUT2D eigenvalue weighted by molar-refractivity contribution is 6.99. The second-order valence-electron chi connectivity index (χ2n) is 29.6. The van der Waals surface area contributed by atoms with Crippen molar-refractivity contribution in [3.8, 4) is 67.1 Å². The number of para-hydroxylation sites is 1. The Bertz CT molecular complexity index is 3770. The van der Waals surface area contributed by atoms with Gasteiger partial charge in [-0.05, 0) is 151 Å². The largest absolute Gasteiger partial charge is 0.458 e. The van der Waals surface area contributed by atoms with Crippen LogP contribution in [-0.2, 0) is 32.5 Å². The van der Waals surface area contributed by atoms with Crippen LogP contribution >= 0.6 is 0 Å². The van der Waals surface area contributed by atoms with Gasteiger partial charge in [0, 0.05) is 22.5 Å². The SMILES string of the molecule is CC(C)(C)c1cccc(-c2cccc(-c3cccc(C(C)(C)C)c3)c2N2c3ccc(-c4cc(C(C)(C)C)cc(C(C)(C)C)c4)cc3B3c4cc(-c5cc(C(C)(C)C)cc(C(C)(C)C)c5)ccc4Oc4cc(-c5ccccc5)cc2c43)c1. The first-order valence-corrected chi connectivity index (χ1v) is 29.6. The zero-order valence-electron chi connectivity index (χ0n) is 51.8. The molecule has 2 nitrogen and oxygen atoms in total. The van der Waals surface area contributed by atoms with Crippen LogP contribution in [-0.4, -0.2) is 6.71 Å². The highest BCUT2D eigenvalue weighted by Crippen LogP contribution is 2.51. The molecule has 0 amide bonds. The van der Waals surface area contributed by atoms with Crippen LogP contribution in [0.3, 0.4) is 0 Å². The van der Waals surface area contributed by atoms with Crippen molar-refractivity contribution in [2.24, 2.45) is 0 Å². The molecule has 0 atom stereocenters. The summed E-state index contributed by atoms with van der Waals surface area (Å²) in [6, 6.07) is 70.2. The van der Waals surface area contributed by atoms with Gasteiger partial charge in [-0.3, -0.25) is 0 Å². The van der Waals surface area contributed by atoms with E-state index in [-0.39, 0.29) is 39.2 Å². The molecule has 2 heterocycles. The Balaban J connectivity index is 1.27. The van der Waals surface area contributed by atoms with E-state index in [1.807, 2.05) is 0 Å². The summed E-state index contributed by atoms with van der Waals surface area (Å²) in [6.07, 6.45) is 0. The number of hydrogen-bond donors (Lipinski definition) is 0. The van der Waals surface area contributed by atoms with E-state index >= 15 is 0 Å². The molecule has 0 aromatic heterocycles. The molecule has 0 radical (unpaired) electrons. The maximum atomic E-state index is 7.46. The first-order valence-electron chi connectivity index (χ1n) is 29.6. The van der Waals surface area contributed by atoms with Crippen LogP contribution < -0.4 is 26.0 Å². The Hall–Kier alpha value is -7.36. The van der Waals surface area contributed by atoms with Crippen LogP contribution in [0.5, 0.6) is 11.5 Å². The molecule has 0 saturated carbocycles. The average Bonchev–Trinajstić information content (AvgIpc) is 2.33. The lowest BCUT2D eigenvalue weighted by molar-refractivity contribution is 0.488. The molecule has 0 unspecified atom stereocenters. The molecule has 0 saturated heterocycles. The summed E-state index contributed by atoms with van der Waals surface area (Å²) in [5.74, 6) is 1.78. The third kappa shape index (κ3) is 10.6. The molecule has 0 bridgehead atoms. The number of anilines is 3. The lowest BCUT2D eigenvalue weighted by atomic mass is 9.34. The van der Waals surface area contributed by atoms with Gasteiger partial charge in [0.25, 0.3) is 6.71 Å². The maximum Gasteiger partial charge on any atom is 0.256 e. The first-order chi connectivity index (χ1) is 37.9. The fourth-order valence-electron chi connectivity index (χ4n) is 12.0. The Morgan fingerprint density at radius 3 is 1.16 bits per heavy atom. The molecule has 11 rings (SSSR count). The topological polar surface area (TPSA) is 12.5 Å². The molecule has 0 aliphatic carbocycles. The van der Waals surface area contributed by atoms with Crippen molar-refractivity contribution in [3.05, 3.63) is 215 Å². The summed E-state index contributed by atoms with van der Waals surface area (Å²) in [4.78, 5) is 2.63. The summed E-state index contributed by atoms with van der Waals surface area (Å²) in [5, 5.41) is 0. The molecule has 0 spiro atoms. The lowest BCUT2D eigenvalue weighted by Gasteiger charge is -2.42. The van der Waals surface area contributed by atoms with Crippen molar-refractivity contribution in [1.82, 2.24) is 0 Å². The third-order valence-corrected chi connectivity index (χ3v) is 17.2. The fraction of sp³-hybridized carbons (Fsp3) is 0.308. The zero-order chi connectivity index (χ0) is 57.9. The Morgan fingerprint density at radius 1 is 0.284 bits per heavy atom. The second-order valence-corrected chi connectivity index (χ2v) is 29.6. The van der Waals surface area contributed by atoms with E-state index in [9.17, 15) is 0 Å². The van der Waals surface area contributed by atoms with Gasteiger partial charge in [-0.15, -0.1) is 0 Å². The summed E-state index contributed by atoms with van der Waals surface area (Å²) in [5.41, 5.74) is 26.6. The molecule has 9 aromatic rings. The molecule has 2 aliphatic rings. The van der Waals surface area contributed by atoms with Crippen LogP contribution in [0.1, 0.15) is 158 Å². The zero-order valence-corrected chi connectivity index (χ0v) is 51.8. The van der Waals surface area contributed by atoms with Crippen molar-refractivity contribution < 1.29 is 4.74 Å². The van der Waals surface area contributed by atoms with Gasteiger partial charge in [0.1, 0.15) is 11.5 Å². The van der Waals surface area contributed by atoms with Gasteiger partial charge < -0.3 is 9.64 Å². The normalized spacial score (nSPS) is 13.6. The molecule has 410 valence electrons. The Kier molecular flexibility index (Phi) is 13.5. The molecule has 9 aromatic carbocycles. The van der Waals surface area contributed by atoms with Crippen LogP contribution in [0, 0.1) is 0 Å². The van der Waals surface area contributed by atoms with Gasteiger partial charge in [-0.2, -0.15) is 0 Å². The van der Waals surface area contributed by atoms with E-state index in [1.165, 1.54) is 94.3 Å². The standard InChI is InChI=1S/C78H84BNO/c1-73(2,3)57-29-22-27-52(37-57)63-31-24-32-64(53-28-23-30-58(38-53)74(4,5)6)72(63)80-67-35-33-50(54-39-59(75(7,8)9)47-60(40-54)76(10,11)12)43-65(67)79-66-44-51(55-41-61(77(13,14)15)48-62(42-55)78(16,17)18)34-36-69(66)81-70-46-56(45-68(80)71(70)79)49-25-20-19-21-26-49/h19-48H,1-18H3. The first kappa shape index (κ1) is 55.5. The summed E-state index contributed by atoms with van der Waals surface area (Å²) >= 11 is 0. The van der Waals surface area contributed by atoms with E-state index in [0.717, 1.165) is 39.7 Å². The van der Waals surface area contributed by atoms with Gasteiger partial charge in [-0.25, -0.2) is 0 Å². The summed E-state index contributed by atoms with van der Waals surface area (Å²) in [6.45, 7) is 41.8. The van der Waals surface area contributed by atoms with Gasteiger partial charge in [0.2, 0.25) is 0 Å². The number of ether oxygens (including phenoxy) is 1. The minimum atomic E-state index is -0.167. The quantitative estimate of drug-likeness (QED) is 0.154. The van der Waals surface area contributed by atoms with Crippen LogP contribution in [0.2, 0.25) is 0 Å². The number of nitrogens with zero attached hydrogens (tertiary/aromatic N) is 1. The monoisotopic (exact) mass is 1060 g/mol. The van der Waals surface area contributed by atoms with Gasteiger partial charge in [0.05, 0.1) is 5.69 Å². The van der Waals surface area contributed by atoms with E-state index in [1.54, 1.807) is 0 Å². The van der Waals surface area contributed by atoms with Crippen LogP contribution in [0.15, 0.2) is 182 Å². The molecule has 2 aliphatic heterocycles. The minimum Gasteiger partial charge on any atom is -0.458 e. The highest BCUT2D eigenvalue weighted by Gasteiger charge is 2.44. The lowest BCUT2D eigenvalue weighted by Crippen LogP contribution is -2.59. The third-order valence-electron chi connectivity index (χ3n) is 17.2. The Morgan fingerprint density at radius 2 is 0.691 bits per heavy atom. The van der Waals surface area contributed by atoms with Gasteiger partial charge in [-0.1, -0.05) is 282 Å². The predicted octanol–water partition coefficient (Wildman–Crippen LogP) is 20.2. The molecular weight excluding hydrogens is 978 g/mol. The maximum absolute atomic E-state index is 7.46. The number of hydrogen-bond acceptors (Lipinski definition) is 2. The fourth-order valence-corrected chi connectivity index (χ4v) is 12.0. The van der Waals surface area contributed by atoms with E-state index < -0.39 is 0 Å². The number of benzene rings is 9. The smallest absolute Gasteiger partial charge is 0.256 e. The summed E-state index contributed by atoms with van der Waals surface area (Å²) in [7, 11) is 0. The molecule has 0 fully saturated rings. The molecular formula is C78H84BNO. The van der Waals surface area contributed by atoms with Crippen molar-refractivity contribution in [2.45, 2.75) is 157 Å².